The normalized spacial score (nSPS) is 17.0. The number of benzene rings is 2. The van der Waals surface area contributed by atoms with Crippen LogP contribution in [0.25, 0.3) is 0 Å². The van der Waals surface area contributed by atoms with E-state index in [-0.39, 0.29) is 24.6 Å². The number of esters is 1. The van der Waals surface area contributed by atoms with Crippen LogP contribution in [0.1, 0.15) is 34.0 Å². The molecule has 0 bridgehead atoms. The van der Waals surface area contributed by atoms with Gasteiger partial charge in [-0.1, -0.05) is 52.3 Å². The van der Waals surface area contributed by atoms with Gasteiger partial charge in [0.05, 0.1) is 12.8 Å². The Balaban J connectivity index is 1.83. The molecule has 106 valence electrons. The third-order valence-electron chi connectivity index (χ3n) is 3.55. The molecule has 0 spiro atoms. The molecule has 0 N–H and O–H groups in total. The van der Waals surface area contributed by atoms with Gasteiger partial charge in [-0.15, -0.1) is 0 Å². The molecule has 0 amide bonds. The van der Waals surface area contributed by atoms with Crippen molar-refractivity contribution in [3.63, 3.8) is 0 Å². The van der Waals surface area contributed by atoms with Crippen LogP contribution in [0.2, 0.25) is 0 Å². The first-order valence-electron chi connectivity index (χ1n) is 6.69. The molecule has 4 heteroatoms. The lowest BCUT2D eigenvalue weighted by Gasteiger charge is -2.25. The summed E-state index contributed by atoms with van der Waals surface area (Å²) in [5, 5.41) is 0. The van der Waals surface area contributed by atoms with E-state index in [0.29, 0.717) is 5.56 Å². The number of halogens is 1. The first-order chi connectivity index (χ1) is 10.1. The van der Waals surface area contributed by atoms with E-state index in [0.717, 1.165) is 15.6 Å². The quantitative estimate of drug-likeness (QED) is 0.627. The molecule has 0 saturated carbocycles. The third-order valence-corrected chi connectivity index (χ3v) is 4.08. The lowest BCUT2D eigenvalue weighted by atomic mass is 9.93. The zero-order chi connectivity index (χ0) is 14.8. The molecule has 21 heavy (non-hydrogen) atoms. The fourth-order valence-electron chi connectivity index (χ4n) is 2.50. The number of ketones is 1. The number of hydrogen-bond acceptors (Lipinski definition) is 3. The zero-order valence-corrected chi connectivity index (χ0v) is 12.8. The van der Waals surface area contributed by atoms with Crippen molar-refractivity contribution in [1.82, 2.24) is 0 Å². The molecule has 1 heterocycles. The van der Waals surface area contributed by atoms with Crippen LogP contribution >= 0.6 is 15.9 Å². The van der Waals surface area contributed by atoms with Gasteiger partial charge in [0.1, 0.15) is 6.10 Å². The number of rotatable bonds is 3. The highest BCUT2D eigenvalue weighted by Crippen LogP contribution is 2.31. The van der Waals surface area contributed by atoms with Crippen LogP contribution in [-0.4, -0.2) is 11.8 Å². The minimum absolute atomic E-state index is 0.0306. The van der Waals surface area contributed by atoms with Gasteiger partial charge in [-0.25, -0.2) is 0 Å². The minimum atomic E-state index is -0.487. The summed E-state index contributed by atoms with van der Waals surface area (Å²) in [6.07, 6.45) is -0.0395. The molecule has 0 aliphatic carbocycles. The van der Waals surface area contributed by atoms with Crippen molar-refractivity contribution >= 4 is 27.7 Å². The Labute approximate surface area is 131 Å². The Hall–Kier alpha value is -1.94. The average molecular weight is 345 g/mol. The van der Waals surface area contributed by atoms with Crippen LogP contribution < -0.4 is 0 Å². The van der Waals surface area contributed by atoms with Crippen LogP contribution in [0.4, 0.5) is 0 Å². The van der Waals surface area contributed by atoms with Crippen molar-refractivity contribution in [2.75, 3.05) is 0 Å². The van der Waals surface area contributed by atoms with E-state index in [1.54, 1.807) is 12.1 Å². The van der Waals surface area contributed by atoms with Gasteiger partial charge in [0.2, 0.25) is 0 Å². The maximum atomic E-state index is 12.3. The summed E-state index contributed by atoms with van der Waals surface area (Å²) in [4.78, 5) is 24.0. The van der Waals surface area contributed by atoms with Crippen molar-refractivity contribution in [2.45, 2.75) is 18.9 Å². The molecular weight excluding hydrogens is 332 g/mol. The van der Waals surface area contributed by atoms with E-state index in [1.165, 1.54) is 0 Å². The summed E-state index contributed by atoms with van der Waals surface area (Å²) in [7, 11) is 0. The second kappa shape index (κ2) is 5.82. The largest absolute Gasteiger partial charge is 0.457 e. The molecule has 1 atom stereocenters. The number of carbonyl (C=O) groups is 2. The Morgan fingerprint density at radius 3 is 2.62 bits per heavy atom. The van der Waals surface area contributed by atoms with Crippen LogP contribution in [0, 0.1) is 0 Å². The van der Waals surface area contributed by atoms with Gasteiger partial charge in [0.15, 0.2) is 5.78 Å². The number of carbonyl (C=O) groups excluding carboxylic acids is 2. The second-order valence-electron chi connectivity index (χ2n) is 4.99. The molecule has 2 aromatic carbocycles. The van der Waals surface area contributed by atoms with Gasteiger partial charge < -0.3 is 4.74 Å². The van der Waals surface area contributed by atoms with Gasteiger partial charge in [-0.3, -0.25) is 9.59 Å². The molecule has 1 aliphatic heterocycles. The molecule has 3 rings (SSSR count). The highest BCUT2D eigenvalue weighted by atomic mass is 79.9. The predicted molar refractivity (Wildman–Crippen MR) is 82.1 cm³/mol. The first kappa shape index (κ1) is 14.0. The predicted octanol–water partition coefficient (Wildman–Crippen LogP) is 3.86. The van der Waals surface area contributed by atoms with E-state index >= 15 is 0 Å². The van der Waals surface area contributed by atoms with Crippen molar-refractivity contribution in [3.05, 3.63) is 69.7 Å². The van der Waals surface area contributed by atoms with Crippen molar-refractivity contribution in [2.24, 2.45) is 0 Å². The Kier molecular flexibility index (Phi) is 3.88. The lowest BCUT2D eigenvalue weighted by Crippen LogP contribution is -2.23. The average Bonchev–Trinajstić information content (AvgIpc) is 2.47. The zero-order valence-electron chi connectivity index (χ0n) is 11.2. The summed E-state index contributed by atoms with van der Waals surface area (Å²) >= 11 is 3.34. The summed E-state index contributed by atoms with van der Waals surface area (Å²) in [5.74, 6) is -0.306. The topological polar surface area (TPSA) is 43.4 Å². The fourth-order valence-corrected chi connectivity index (χ4v) is 2.77. The van der Waals surface area contributed by atoms with Crippen molar-refractivity contribution in [1.29, 1.82) is 0 Å². The Morgan fingerprint density at radius 2 is 1.86 bits per heavy atom. The summed E-state index contributed by atoms with van der Waals surface area (Å²) in [5.41, 5.74) is 2.50. The molecule has 3 nitrogen and oxygen atoms in total. The molecule has 1 aliphatic rings. The van der Waals surface area contributed by atoms with E-state index < -0.39 is 6.10 Å². The van der Waals surface area contributed by atoms with Crippen LogP contribution in [0.15, 0.2) is 53.0 Å². The number of ether oxygens (including phenoxy) is 1. The number of cyclic esters (lactones) is 1. The number of fused-ring (bicyclic) bond motifs is 1. The highest BCUT2D eigenvalue weighted by molar-refractivity contribution is 9.10. The van der Waals surface area contributed by atoms with Gasteiger partial charge in [0, 0.05) is 10.0 Å². The van der Waals surface area contributed by atoms with Crippen LogP contribution in [-0.2, 0) is 16.0 Å². The fraction of sp³-hybridized carbons (Fsp3) is 0.176. The van der Waals surface area contributed by atoms with Crippen molar-refractivity contribution in [3.8, 4) is 0 Å². The Bertz CT molecular complexity index is 691. The summed E-state index contributed by atoms with van der Waals surface area (Å²) < 4.78 is 6.28. The second-order valence-corrected chi connectivity index (χ2v) is 5.90. The highest BCUT2D eigenvalue weighted by Gasteiger charge is 2.28. The van der Waals surface area contributed by atoms with Gasteiger partial charge >= 0.3 is 5.97 Å². The smallest absolute Gasteiger partial charge is 0.310 e. The lowest BCUT2D eigenvalue weighted by molar-refractivity contribution is -0.150. The maximum Gasteiger partial charge on any atom is 0.310 e. The molecule has 0 aromatic heterocycles. The van der Waals surface area contributed by atoms with Gasteiger partial charge in [-0.2, -0.15) is 0 Å². The molecule has 0 fully saturated rings. The molecule has 2 aromatic rings. The summed E-state index contributed by atoms with van der Waals surface area (Å²) in [6, 6.07) is 14.8. The summed E-state index contributed by atoms with van der Waals surface area (Å²) in [6.45, 7) is 0. The van der Waals surface area contributed by atoms with Crippen molar-refractivity contribution < 1.29 is 14.3 Å². The SMILES string of the molecule is O=C1Cc2ccccc2[C@@H](CC(=O)c2ccc(Br)cc2)O1. The molecule has 0 saturated heterocycles. The van der Waals surface area contributed by atoms with E-state index in [2.05, 4.69) is 15.9 Å². The first-order valence-corrected chi connectivity index (χ1v) is 7.49. The monoisotopic (exact) mass is 344 g/mol. The van der Waals surface area contributed by atoms with Crippen LogP contribution in [0.3, 0.4) is 0 Å². The molecular formula is C17H13BrO3. The number of hydrogen-bond donors (Lipinski definition) is 0. The van der Waals surface area contributed by atoms with Gasteiger partial charge in [0.25, 0.3) is 0 Å². The van der Waals surface area contributed by atoms with Gasteiger partial charge in [-0.05, 0) is 23.3 Å². The third kappa shape index (κ3) is 3.05. The molecule has 0 radical (unpaired) electrons. The van der Waals surface area contributed by atoms with E-state index in [1.807, 2.05) is 36.4 Å². The van der Waals surface area contributed by atoms with E-state index in [4.69, 9.17) is 4.74 Å². The standard InChI is InChI=1S/C17H13BrO3/c18-13-7-5-11(6-8-13)15(19)10-16-14-4-2-1-3-12(14)9-17(20)21-16/h1-8,16H,9-10H2/t16-/m1/s1. The van der Waals surface area contributed by atoms with Crippen LogP contribution in [0.5, 0.6) is 0 Å². The minimum Gasteiger partial charge on any atom is -0.457 e. The maximum absolute atomic E-state index is 12.3. The van der Waals surface area contributed by atoms with E-state index in [9.17, 15) is 9.59 Å². The molecule has 0 unspecified atom stereocenters. The number of Topliss-reactive ketones (excluding diaryl/α,β-unsaturated/α-hetero) is 1. The Morgan fingerprint density at radius 1 is 1.14 bits per heavy atom.